The number of carbonyl (C=O) groups is 1. The number of halogens is 1. The third-order valence-corrected chi connectivity index (χ3v) is 3.14. The van der Waals surface area contributed by atoms with Crippen LogP contribution in [0.3, 0.4) is 0 Å². The third kappa shape index (κ3) is 4.76. The Bertz CT molecular complexity index is 440. The number of rotatable bonds is 5. The SMILES string of the molecule is CN(Cc1ccc(C(=O)O)cc1Br)CC(C)(C)O. The maximum Gasteiger partial charge on any atom is 0.335 e. The van der Waals surface area contributed by atoms with Crippen LogP contribution in [0.25, 0.3) is 0 Å². The van der Waals surface area contributed by atoms with Gasteiger partial charge in [0.15, 0.2) is 0 Å². The molecule has 0 heterocycles. The van der Waals surface area contributed by atoms with E-state index in [9.17, 15) is 9.90 Å². The fourth-order valence-corrected chi connectivity index (χ4v) is 2.32. The van der Waals surface area contributed by atoms with Gasteiger partial charge >= 0.3 is 5.97 Å². The number of hydrogen-bond donors (Lipinski definition) is 2. The van der Waals surface area contributed by atoms with Crippen LogP contribution in [-0.4, -0.2) is 40.3 Å². The van der Waals surface area contributed by atoms with Gasteiger partial charge in [-0.3, -0.25) is 4.90 Å². The molecule has 0 atom stereocenters. The van der Waals surface area contributed by atoms with Crippen molar-refractivity contribution < 1.29 is 15.0 Å². The molecule has 2 N–H and O–H groups in total. The van der Waals surface area contributed by atoms with E-state index >= 15 is 0 Å². The summed E-state index contributed by atoms with van der Waals surface area (Å²) in [4.78, 5) is 12.8. The zero-order chi connectivity index (χ0) is 13.9. The lowest BCUT2D eigenvalue weighted by Crippen LogP contribution is -2.35. The molecule has 0 aliphatic carbocycles. The van der Waals surface area contributed by atoms with E-state index < -0.39 is 11.6 Å². The normalized spacial score (nSPS) is 11.9. The first kappa shape index (κ1) is 15.1. The molecular formula is C13H18BrNO3. The summed E-state index contributed by atoms with van der Waals surface area (Å²) >= 11 is 3.37. The summed E-state index contributed by atoms with van der Waals surface area (Å²) in [7, 11) is 1.91. The number of carboxylic acids is 1. The molecule has 0 amide bonds. The van der Waals surface area contributed by atoms with Crippen LogP contribution in [-0.2, 0) is 6.54 Å². The van der Waals surface area contributed by atoms with E-state index in [2.05, 4.69) is 15.9 Å². The highest BCUT2D eigenvalue weighted by atomic mass is 79.9. The molecule has 5 heteroatoms. The summed E-state index contributed by atoms with van der Waals surface area (Å²) in [6.07, 6.45) is 0. The molecule has 0 saturated carbocycles. The van der Waals surface area contributed by atoms with Gasteiger partial charge in [0.25, 0.3) is 0 Å². The predicted octanol–water partition coefficient (Wildman–Crippen LogP) is 2.35. The van der Waals surface area contributed by atoms with Crippen molar-refractivity contribution in [2.45, 2.75) is 26.0 Å². The quantitative estimate of drug-likeness (QED) is 0.875. The molecule has 18 heavy (non-hydrogen) atoms. The summed E-state index contributed by atoms with van der Waals surface area (Å²) in [5, 5.41) is 18.6. The Hall–Kier alpha value is -0.910. The standard InChI is InChI=1S/C13H18BrNO3/c1-13(2,18)8-15(3)7-10-5-4-9(12(16)17)6-11(10)14/h4-6,18H,7-8H2,1-3H3,(H,16,17). The number of hydrogen-bond acceptors (Lipinski definition) is 3. The molecule has 0 aromatic heterocycles. The third-order valence-electron chi connectivity index (χ3n) is 2.40. The van der Waals surface area contributed by atoms with Crippen LogP contribution in [0, 0.1) is 0 Å². The van der Waals surface area contributed by atoms with Crippen LogP contribution in [0.5, 0.6) is 0 Å². The van der Waals surface area contributed by atoms with Gasteiger partial charge in [0.05, 0.1) is 11.2 Å². The van der Waals surface area contributed by atoms with Crippen molar-refractivity contribution >= 4 is 21.9 Å². The molecule has 0 bridgehead atoms. The molecule has 1 rings (SSSR count). The van der Waals surface area contributed by atoms with Crippen molar-refractivity contribution in [3.63, 3.8) is 0 Å². The van der Waals surface area contributed by atoms with Crippen molar-refractivity contribution in [1.29, 1.82) is 0 Å². The first-order valence-electron chi connectivity index (χ1n) is 5.62. The summed E-state index contributed by atoms with van der Waals surface area (Å²) in [6, 6.07) is 4.96. The predicted molar refractivity (Wildman–Crippen MR) is 73.7 cm³/mol. The number of nitrogens with zero attached hydrogens (tertiary/aromatic N) is 1. The highest BCUT2D eigenvalue weighted by Crippen LogP contribution is 2.20. The Morgan fingerprint density at radius 1 is 1.44 bits per heavy atom. The van der Waals surface area contributed by atoms with Gasteiger partial charge in [-0.1, -0.05) is 22.0 Å². The average Bonchev–Trinajstić information content (AvgIpc) is 2.17. The van der Waals surface area contributed by atoms with Crippen LogP contribution >= 0.6 is 15.9 Å². The van der Waals surface area contributed by atoms with Gasteiger partial charge in [0, 0.05) is 17.6 Å². The smallest absolute Gasteiger partial charge is 0.335 e. The molecule has 0 unspecified atom stereocenters. The summed E-state index contributed by atoms with van der Waals surface area (Å²) in [5.41, 5.74) is 0.505. The number of aromatic carboxylic acids is 1. The van der Waals surface area contributed by atoms with Gasteiger partial charge < -0.3 is 10.2 Å². The molecule has 0 aliphatic heterocycles. The van der Waals surface area contributed by atoms with Crippen molar-refractivity contribution in [2.24, 2.45) is 0 Å². The van der Waals surface area contributed by atoms with Crippen LogP contribution in [0.1, 0.15) is 29.8 Å². The minimum atomic E-state index is -0.938. The lowest BCUT2D eigenvalue weighted by Gasteiger charge is -2.25. The Balaban J connectivity index is 2.77. The lowest BCUT2D eigenvalue weighted by molar-refractivity contribution is 0.0424. The van der Waals surface area contributed by atoms with Crippen molar-refractivity contribution in [2.75, 3.05) is 13.6 Å². The Morgan fingerprint density at radius 2 is 2.06 bits per heavy atom. The maximum atomic E-state index is 10.8. The second-order valence-corrected chi connectivity index (χ2v) is 5.95. The first-order chi connectivity index (χ1) is 8.19. The number of benzene rings is 1. The molecule has 0 aliphatic rings. The summed E-state index contributed by atoms with van der Waals surface area (Å²) in [5.74, 6) is -0.938. The molecule has 0 radical (unpaired) electrons. The number of carboxylic acid groups (broad SMARTS) is 1. The second kappa shape index (κ2) is 5.82. The van der Waals surface area contributed by atoms with Crippen LogP contribution in [0.4, 0.5) is 0 Å². The second-order valence-electron chi connectivity index (χ2n) is 5.10. The Kier molecular flexibility index (Phi) is 4.90. The zero-order valence-electron chi connectivity index (χ0n) is 10.8. The van der Waals surface area contributed by atoms with Crippen LogP contribution in [0.2, 0.25) is 0 Å². The molecule has 100 valence electrons. The molecule has 4 nitrogen and oxygen atoms in total. The van der Waals surface area contributed by atoms with Crippen LogP contribution in [0.15, 0.2) is 22.7 Å². The average molecular weight is 316 g/mol. The molecular weight excluding hydrogens is 298 g/mol. The molecule has 1 aromatic carbocycles. The molecule has 0 saturated heterocycles. The van der Waals surface area contributed by atoms with E-state index in [1.54, 1.807) is 32.0 Å². The highest BCUT2D eigenvalue weighted by molar-refractivity contribution is 9.10. The fourth-order valence-electron chi connectivity index (χ4n) is 1.82. The monoisotopic (exact) mass is 315 g/mol. The van der Waals surface area contributed by atoms with E-state index in [0.717, 1.165) is 10.0 Å². The minimum Gasteiger partial charge on any atom is -0.478 e. The van der Waals surface area contributed by atoms with Crippen molar-refractivity contribution in [3.8, 4) is 0 Å². The van der Waals surface area contributed by atoms with Gasteiger partial charge in [0.2, 0.25) is 0 Å². The zero-order valence-corrected chi connectivity index (χ0v) is 12.4. The van der Waals surface area contributed by atoms with Crippen LogP contribution < -0.4 is 0 Å². The van der Waals surface area contributed by atoms with Gasteiger partial charge in [-0.15, -0.1) is 0 Å². The summed E-state index contributed by atoms with van der Waals surface area (Å²) in [6.45, 7) is 4.70. The highest BCUT2D eigenvalue weighted by Gasteiger charge is 2.16. The van der Waals surface area contributed by atoms with E-state index in [1.165, 1.54) is 0 Å². The largest absolute Gasteiger partial charge is 0.478 e. The Morgan fingerprint density at radius 3 is 2.50 bits per heavy atom. The van der Waals surface area contributed by atoms with E-state index in [1.807, 2.05) is 11.9 Å². The Labute approximate surface area is 115 Å². The van der Waals surface area contributed by atoms with Gasteiger partial charge in [0.1, 0.15) is 0 Å². The first-order valence-corrected chi connectivity index (χ1v) is 6.41. The van der Waals surface area contributed by atoms with E-state index in [4.69, 9.17) is 5.11 Å². The van der Waals surface area contributed by atoms with Crippen molar-refractivity contribution in [1.82, 2.24) is 4.90 Å². The van der Waals surface area contributed by atoms with Gasteiger partial charge in [-0.2, -0.15) is 0 Å². The molecule has 0 spiro atoms. The number of aliphatic hydroxyl groups is 1. The fraction of sp³-hybridized carbons (Fsp3) is 0.462. The topological polar surface area (TPSA) is 60.8 Å². The summed E-state index contributed by atoms with van der Waals surface area (Å²) < 4.78 is 0.769. The molecule has 0 fully saturated rings. The van der Waals surface area contributed by atoms with E-state index in [-0.39, 0.29) is 5.56 Å². The lowest BCUT2D eigenvalue weighted by atomic mass is 10.1. The van der Waals surface area contributed by atoms with E-state index in [0.29, 0.717) is 13.1 Å². The minimum absolute atomic E-state index is 0.260. The maximum absolute atomic E-state index is 10.8. The van der Waals surface area contributed by atoms with Gasteiger partial charge in [-0.25, -0.2) is 4.79 Å². The van der Waals surface area contributed by atoms with Crippen molar-refractivity contribution in [3.05, 3.63) is 33.8 Å². The number of likely N-dealkylation sites (N-methyl/N-ethyl adjacent to an activating group) is 1. The van der Waals surface area contributed by atoms with Gasteiger partial charge in [-0.05, 0) is 38.6 Å². The molecule has 1 aromatic rings.